The van der Waals surface area contributed by atoms with Crippen molar-refractivity contribution in [3.8, 4) is 11.8 Å². The summed E-state index contributed by atoms with van der Waals surface area (Å²) < 4.78 is 0. The molecule has 172 valence electrons. The number of hydrogen-bond donors (Lipinski definition) is 3. The molecule has 32 heavy (non-hydrogen) atoms. The highest BCUT2D eigenvalue weighted by Gasteiger charge is 2.44. The van der Waals surface area contributed by atoms with Gasteiger partial charge < -0.3 is 15.5 Å². The zero-order chi connectivity index (χ0) is 22.9. The fourth-order valence-electron chi connectivity index (χ4n) is 5.07. The van der Waals surface area contributed by atoms with E-state index in [0.29, 0.717) is 24.7 Å². The third-order valence-corrected chi connectivity index (χ3v) is 6.92. The Labute approximate surface area is 192 Å². The lowest BCUT2D eigenvalue weighted by Crippen LogP contribution is -2.19. The summed E-state index contributed by atoms with van der Waals surface area (Å²) in [5.74, 6) is 7.14. The van der Waals surface area contributed by atoms with E-state index in [0.717, 1.165) is 37.8 Å². The molecule has 0 heterocycles. The standard InChI is InChI=1S/C28H37NO3/c1-3-4-10-20(2)26(30)16-15-24-25-18-21(17-22(25)19-27(24)31)11-8-9-14-28(32)29-23-12-6-5-7-13-23/h5-7,11-13,15-16,20,22,24-27,30-31H,8-10,14,17-19H2,1-2H3,(H,29,32)/t20-,22-,24+,25-,26+,27+/m0/s1. The number of para-hydroxylation sites is 1. The summed E-state index contributed by atoms with van der Waals surface area (Å²) in [7, 11) is 0. The summed E-state index contributed by atoms with van der Waals surface area (Å²) in [5, 5.41) is 23.9. The summed E-state index contributed by atoms with van der Waals surface area (Å²) >= 11 is 0. The fourth-order valence-corrected chi connectivity index (χ4v) is 5.07. The van der Waals surface area contributed by atoms with Crippen molar-refractivity contribution in [2.45, 2.75) is 71.0 Å². The summed E-state index contributed by atoms with van der Waals surface area (Å²) in [6, 6.07) is 9.56. The van der Waals surface area contributed by atoms with Gasteiger partial charge in [-0.25, -0.2) is 0 Å². The molecule has 0 aliphatic heterocycles. The molecule has 6 atom stereocenters. The van der Waals surface area contributed by atoms with Crippen molar-refractivity contribution in [2.75, 3.05) is 5.32 Å². The zero-order valence-corrected chi connectivity index (χ0v) is 19.3. The van der Waals surface area contributed by atoms with Crippen molar-refractivity contribution in [1.82, 2.24) is 0 Å². The molecule has 1 aromatic rings. The minimum Gasteiger partial charge on any atom is -0.392 e. The highest BCUT2D eigenvalue weighted by molar-refractivity contribution is 5.90. The number of benzene rings is 1. The Morgan fingerprint density at radius 3 is 2.81 bits per heavy atom. The van der Waals surface area contributed by atoms with E-state index in [4.69, 9.17) is 0 Å². The van der Waals surface area contributed by atoms with Crippen LogP contribution in [0.25, 0.3) is 0 Å². The van der Waals surface area contributed by atoms with E-state index in [1.165, 1.54) is 5.57 Å². The molecule has 0 bridgehead atoms. The number of aliphatic hydroxyl groups is 2. The maximum absolute atomic E-state index is 12.1. The van der Waals surface area contributed by atoms with Gasteiger partial charge in [0.1, 0.15) is 0 Å². The summed E-state index contributed by atoms with van der Waals surface area (Å²) in [6.07, 6.45) is 11.2. The van der Waals surface area contributed by atoms with Gasteiger partial charge in [0.15, 0.2) is 0 Å². The molecule has 0 aromatic heterocycles. The Morgan fingerprint density at radius 1 is 1.28 bits per heavy atom. The van der Waals surface area contributed by atoms with E-state index < -0.39 is 6.10 Å². The molecular formula is C28H37NO3. The van der Waals surface area contributed by atoms with Crippen LogP contribution in [0.3, 0.4) is 0 Å². The van der Waals surface area contributed by atoms with Crippen LogP contribution in [-0.2, 0) is 4.79 Å². The van der Waals surface area contributed by atoms with Gasteiger partial charge in [0.2, 0.25) is 5.91 Å². The average molecular weight is 436 g/mol. The molecule has 2 saturated carbocycles. The highest BCUT2D eigenvalue weighted by atomic mass is 16.3. The number of unbranched alkanes of at least 4 members (excludes halogenated alkanes) is 1. The maximum atomic E-state index is 12.1. The minimum absolute atomic E-state index is 0.0592. The Morgan fingerprint density at radius 2 is 2.06 bits per heavy atom. The minimum atomic E-state index is -0.527. The van der Waals surface area contributed by atoms with Gasteiger partial charge in [0.25, 0.3) is 0 Å². The molecule has 2 aliphatic rings. The molecule has 1 amide bonds. The molecule has 0 unspecified atom stereocenters. The second-order valence-corrected chi connectivity index (χ2v) is 9.37. The van der Waals surface area contributed by atoms with Gasteiger partial charge in [0.05, 0.1) is 12.2 Å². The number of carbonyl (C=O) groups excluding carboxylic acids is 1. The largest absolute Gasteiger partial charge is 0.392 e. The van der Waals surface area contributed by atoms with Gasteiger partial charge in [-0.3, -0.25) is 4.79 Å². The predicted octanol–water partition coefficient (Wildman–Crippen LogP) is 5.10. The van der Waals surface area contributed by atoms with Crippen molar-refractivity contribution in [2.24, 2.45) is 23.7 Å². The number of amides is 1. The molecule has 2 fully saturated rings. The third-order valence-electron chi connectivity index (χ3n) is 6.92. The van der Waals surface area contributed by atoms with Gasteiger partial charge in [-0.15, -0.1) is 11.8 Å². The number of rotatable bonds is 9. The molecule has 0 saturated heterocycles. The number of nitrogens with one attached hydrogen (secondary N) is 1. The summed E-state index contributed by atoms with van der Waals surface area (Å²) in [6.45, 7) is 3.82. The zero-order valence-electron chi connectivity index (χ0n) is 19.3. The van der Waals surface area contributed by atoms with Gasteiger partial charge >= 0.3 is 0 Å². The van der Waals surface area contributed by atoms with Gasteiger partial charge in [-0.2, -0.15) is 0 Å². The normalized spacial score (nSPS) is 27.7. The van der Waals surface area contributed by atoms with E-state index in [9.17, 15) is 15.0 Å². The third kappa shape index (κ3) is 6.82. The smallest absolute Gasteiger partial charge is 0.224 e. The molecule has 1 aromatic carbocycles. The fraction of sp³-hybridized carbons (Fsp3) is 0.536. The lowest BCUT2D eigenvalue weighted by atomic mass is 9.89. The van der Waals surface area contributed by atoms with Gasteiger partial charge in [-0.05, 0) is 68.9 Å². The van der Waals surface area contributed by atoms with Crippen LogP contribution in [0.5, 0.6) is 0 Å². The Balaban J connectivity index is 1.44. The molecule has 3 N–H and O–H groups in total. The number of fused-ring (bicyclic) bond motifs is 1. The Kier molecular flexibility index (Phi) is 9.14. The van der Waals surface area contributed by atoms with Crippen LogP contribution in [0.1, 0.15) is 58.8 Å². The van der Waals surface area contributed by atoms with Crippen LogP contribution >= 0.6 is 0 Å². The number of carbonyl (C=O) groups is 1. The van der Waals surface area contributed by atoms with E-state index >= 15 is 0 Å². The number of anilines is 1. The second-order valence-electron chi connectivity index (χ2n) is 9.37. The van der Waals surface area contributed by atoms with Gasteiger partial charge in [0, 0.05) is 24.4 Å². The summed E-state index contributed by atoms with van der Waals surface area (Å²) in [5.41, 5.74) is 2.30. The van der Waals surface area contributed by atoms with Gasteiger partial charge in [-0.1, -0.05) is 48.9 Å². The van der Waals surface area contributed by atoms with Crippen molar-refractivity contribution in [1.29, 1.82) is 0 Å². The molecular weight excluding hydrogens is 398 g/mol. The van der Waals surface area contributed by atoms with E-state index in [1.807, 2.05) is 56.3 Å². The quantitative estimate of drug-likeness (QED) is 0.287. The van der Waals surface area contributed by atoms with E-state index in [1.54, 1.807) is 0 Å². The lowest BCUT2D eigenvalue weighted by Gasteiger charge is -2.19. The molecule has 3 rings (SSSR count). The second kappa shape index (κ2) is 12.0. The Hall–Kier alpha value is -2.35. The number of aliphatic hydroxyl groups excluding tert-OH is 2. The van der Waals surface area contributed by atoms with Crippen LogP contribution < -0.4 is 5.32 Å². The molecule has 0 radical (unpaired) electrons. The van der Waals surface area contributed by atoms with Crippen LogP contribution in [0.2, 0.25) is 0 Å². The molecule has 4 nitrogen and oxygen atoms in total. The van der Waals surface area contributed by atoms with Crippen molar-refractivity contribution in [3.05, 3.63) is 54.1 Å². The predicted molar refractivity (Wildman–Crippen MR) is 130 cm³/mol. The first kappa shape index (κ1) is 24.3. The van der Waals surface area contributed by atoms with Crippen LogP contribution in [-0.4, -0.2) is 28.3 Å². The highest BCUT2D eigenvalue weighted by Crippen LogP contribution is 2.50. The van der Waals surface area contributed by atoms with Crippen LogP contribution in [0.4, 0.5) is 5.69 Å². The van der Waals surface area contributed by atoms with Crippen molar-refractivity contribution < 1.29 is 15.0 Å². The molecule has 0 spiro atoms. The summed E-state index contributed by atoms with van der Waals surface area (Å²) in [4.78, 5) is 12.1. The topological polar surface area (TPSA) is 69.6 Å². The number of allylic oxidation sites excluding steroid dienone is 2. The van der Waals surface area contributed by atoms with E-state index in [-0.39, 0.29) is 23.8 Å². The van der Waals surface area contributed by atoms with Crippen molar-refractivity contribution in [3.63, 3.8) is 0 Å². The average Bonchev–Trinajstić information content (AvgIpc) is 3.30. The Bertz CT molecular complexity index is 864. The van der Waals surface area contributed by atoms with Crippen molar-refractivity contribution >= 4 is 11.6 Å². The van der Waals surface area contributed by atoms with E-state index in [2.05, 4.69) is 23.2 Å². The number of hydrogen-bond acceptors (Lipinski definition) is 3. The monoisotopic (exact) mass is 435 g/mol. The van der Waals surface area contributed by atoms with Crippen LogP contribution in [0.15, 0.2) is 54.1 Å². The lowest BCUT2D eigenvalue weighted by molar-refractivity contribution is -0.116. The molecule has 2 aliphatic carbocycles. The first-order valence-electron chi connectivity index (χ1n) is 11.9. The SMILES string of the molecule is CC#CC[C@H](C)[C@H](O)C=C[C@@H]1[C@H]2CC(=CCCCC(=O)Nc3ccccc3)C[C@H]2C[C@H]1O. The first-order chi connectivity index (χ1) is 15.5. The van der Waals surface area contributed by atoms with Crippen LogP contribution in [0, 0.1) is 35.5 Å². The maximum Gasteiger partial charge on any atom is 0.224 e. The first-order valence-corrected chi connectivity index (χ1v) is 11.9. The molecule has 4 heteroatoms.